The van der Waals surface area contributed by atoms with E-state index in [2.05, 4.69) is 5.32 Å². The molecule has 18 heavy (non-hydrogen) atoms. The fourth-order valence-electron chi connectivity index (χ4n) is 2.01. The number of aryl methyl sites for hydroxylation is 1. The molecule has 1 amide bonds. The lowest BCUT2D eigenvalue weighted by molar-refractivity contribution is -0.122. The second-order valence-electron chi connectivity index (χ2n) is 4.98. The second kappa shape index (κ2) is 5.24. The largest absolute Gasteiger partial charge is 0.396 e. The summed E-state index contributed by atoms with van der Waals surface area (Å²) in [5.74, 6) is -0.136. The van der Waals surface area contributed by atoms with Crippen LogP contribution in [0.25, 0.3) is 0 Å². The van der Waals surface area contributed by atoms with Gasteiger partial charge < -0.3 is 10.4 Å². The first kappa shape index (κ1) is 13.3. The SMILES string of the molecule is Cc1csc(=O)n1CC(=O)NCC1(CCO)CC1. The molecule has 1 heterocycles. The third-order valence-corrected chi connectivity index (χ3v) is 4.42. The summed E-state index contributed by atoms with van der Waals surface area (Å²) in [6.07, 6.45) is 2.86. The lowest BCUT2D eigenvalue weighted by Gasteiger charge is -2.14. The third-order valence-electron chi connectivity index (χ3n) is 3.54. The van der Waals surface area contributed by atoms with Gasteiger partial charge in [0.1, 0.15) is 6.54 Å². The fraction of sp³-hybridized carbons (Fsp3) is 0.667. The Kier molecular flexibility index (Phi) is 3.87. The van der Waals surface area contributed by atoms with Crippen LogP contribution in [0.1, 0.15) is 25.0 Å². The van der Waals surface area contributed by atoms with Gasteiger partial charge in [-0.25, -0.2) is 0 Å². The van der Waals surface area contributed by atoms with Crippen molar-refractivity contribution in [1.29, 1.82) is 0 Å². The van der Waals surface area contributed by atoms with Crippen LogP contribution in [0, 0.1) is 12.3 Å². The molecular formula is C12H18N2O3S. The van der Waals surface area contributed by atoms with E-state index in [4.69, 9.17) is 5.11 Å². The predicted molar refractivity (Wildman–Crippen MR) is 69.7 cm³/mol. The molecule has 1 aromatic heterocycles. The first-order valence-corrected chi connectivity index (χ1v) is 6.97. The highest BCUT2D eigenvalue weighted by molar-refractivity contribution is 7.07. The number of hydrogen-bond donors (Lipinski definition) is 2. The molecule has 0 bridgehead atoms. The van der Waals surface area contributed by atoms with Crippen LogP contribution < -0.4 is 10.2 Å². The summed E-state index contributed by atoms with van der Waals surface area (Å²) in [6.45, 7) is 2.67. The molecule has 0 aliphatic heterocycles. The number of aliphatic hydroxyl groups is 1. The van der Waals surface area contributed by atoms with Crippen LogP contribution in [0.2, 0.25) is 0 Å². The minimum Gasteiger partial charge on any atom is -0.396 e. The van der Waals surface area contributed by atoms with Gasteiger partial charge in [0.25, 0.3) is 0 Å². The first-order chi connectivity index (χ1) is 8.56. The van der Waals surface area contributed by atoms with E-state index < -0.39 is 0 Å². The summed E-state index contributed by atoms with van der Waals surface area (Å²) in [4.78, 5) is 23.1. The van der Waals surface area contributed by atoms with Gasteiger partial charge in [-0.1, -0.05) is 11.3 Å². The van der Waals surface area contributed by atoms with E-state index in [0.717, 1.165) is 36.3 Å². The minimum atomic E-state index is -0.136. The average molecular weight is 270 g/mol. The number of rotatable bonds is 6. The highest BCUT2D eigenvalue weighted by atomic mass is 32.1. The monoisotopic (exact) mass is 270 g/mol. The van der Waals surface area contributed by atoms with Crippen molar-refractivity contribution in [3.63, 3.8) is 0 Å². The number of carbonyl (C=O) groups is 1. The zero-order valence-electron chi connectivity index (χ0n) is 10.4. The average Bonchev–Trinajstić information content (AvgIpc) is 3.04. The number of aromatic nitrogens is 1. The summed E-state index contributed by atoms with van der Waals surface area (Å²) >= 11 is 1.11. The van der Waals surface area contributed by atoms with Crippen molar-refractivity contribution in [3.8, 4) is 0 Å². The smallest absolute Gasteiger partial charge is 0.307 e. The molecule has 1 aliphatic carbocycles. The molecule has 0 aromatic carbocycles. The maximum Gasteiger partial charge on any atom is 0.307 e. The molecule has 0 unspecified atom stereocenters. The van der Waals surface area contributed by atoms with Gasteiger partial charge in [-0.3, -0.25) is 14.2 Å². The Morgan fingerprint density at radius 3 is 2.83 bits per heavy atom. The summed E-state index contributed by atoms with van der Waals surface area (Å²) in [7, 11) is 0. The molecule has 0 saturated heterocycles. The second-order valence-corrected chi connectivity index (χ2v) is 5.80. The summed E-state index contributed by atoms with van der Waals surface area (Å²) in [5.41, 5.74) is 0.927. The lowest BCUT2D eigenvalue weighted by atomic mass is 10.0. The number of thiazole rings is 1. The van der Waals surface area contributed by atoms with Gasteiger partial charge in [0.2, 0.25) is 5.91 Å². The highest BCUT2D eigenvalue weighted by Gasteiger charge is 2.41. The number of carbonyl (C=O) groups excluding carboxylic acids is 1. The maximum absolute atomic E-state index is 11.8. The van der Waals surface area contributed by atoms with Gasteiger partial charge in [-0.15, -0.1) is 0 Å². The van der Waals surface area contributed by atoms with Crippen LogP contribution in [-0.2, 0) is 11.3 Å². The van der Waals surface area contributed by atoms with Crippen molar-refractivity contribution in [2.24, 2.45) is 5.41 Å². The topological polar surface area (TPSA) is 71.3 Å². The van der Waals surface area contributed by atoms with E-state index in [1.54, 1.807) is 5.38 Å². The van der Waals surface area contributed by atoms with Crippen LogP contribution in [0.15, 0.2) is 10.2 Å². The summed E-state index contributed by atoms with van der Waals surface area (Å²) in [6, 6.07) is 0. The van der Waals surface area contributed by atoms with Crippen molar-refractivity contribution < 1.29 is 9.90 Å². The summed E-state index contributed by atoms with van der Waals surface area (Å²) in [5, 5.41) is 13.5. The van der Waals surface area contributed by atoms with Crippen molar-refractivity contribution in [2.45, 2.75) is 32.7 Å². The van der Waals surface area contributed by atoms with E-state index in [-0.39, 0.29) is 29.3 Å². The fourth-order valence-corrected chi connectivity index (χ4v) is 2.75. The van der Waals surface area contributed by atoms with Gasteiger partial charge >= 0.3 is 4.87 Å². The molecule has 100 valence electrons. The molecule has 2 N–H and O–H groups in total. The van der Waals surface area contributed by atoms with Crippen molar-refractivity contribution >= 4 is 17.2 Å². The van der Waals surface area contributed by atoms with Crippen LogP contribution in [0.4, 0.5) is 0 Å². The molecule has 0 spiro atoms. The highest BCUT2D eigenvalue weighted by Crippen LogP contribution is 2.47. The minimum absolute atomic E-state index is 0.0867. The predicted octanol–water partition coefficient (Wildman–Crippen LogP) is 0.497. The molecule has 1 saturated carbocycles. The zero-order chi connectivity index (χ0) is 13.2. The molecule has 0 radical (unpaired) electrons. The molecular weight excluding hydrogens is 252 g/mol. The number of amides is 1. The number of nitrogens with one attached hydrogen (secondary N) is 1. The van der Waals surface area contributed by atoms with Crippen LogP contribution >= 0.6 is 11.3 Å². The zero-order valence-corrected chi connectivity index (χ0v) is 11.3. The molecule has 0 atom stereocenters. The Morgan fingerprint density at radius 2 is 2.33 bits per heavy atom. The number of hydrogen-bond acceptors (Lipinski definition) is 4. The van der Waals surface area contributed by atoms with E-state index >= 15 is 0 Å². The van der Waals surface area contributed by atoms with E-state index in [0.29, 0.717) is 6.54 Å². The molecule has 6 heteroatoms. The van der Waals surface area contributed by atoms with Crippen molar-refractivity contribution in [3.05, 3.63) is 20.7 Å². The summed E-state index contributed by atoms with van der Waals surface area (Å²) < 4.78 is 1.48. The van der Waals surface area contributed by atoms with Gasteiger partial charge in [0.05, 0.1) is 0 Å². The van der Waals surface area contributed by atoms with Crippen LogP contribution in [0.5, 0.6) is 0 Å². The molecule has 1 aliphatic rings. The Hall–Kier alpha value is -1.14. The Bertz CT molecular complexity index is 488. The van der Waals surface area contributed by atoms with Crippen LogP contribution in [0.3, 0.4) is 0 Å². The van der Waals surface area contributed by atoms with Gasteiger partial charge in [-0.05, 0) is 31.6 Å². The first-order valence-electron chi connectivity index (χ1n) is 6.09. The Balaban J connectivity index is 1.85. The molecule has 2 rings (SSSR count). The lowest BCUT2D eigenvalue weighted by Crippen LogP contribution is -2.35. The molecule has 1 aromatic rings. The normalized spacial score (nSPS) is 16.6. The van der Waals surface area contributed by atoms with Crippen molar-refractivity contribution in [2.75, 3.05) is 13.2 Å². The Labute approximate surface area is 109 Å². The van der Waals surface area contributed by atoms with Crippen LogP contribution in [-0.4, -0.2) is 28.7 Å². The van der Waals surface area contributed by atoms with E-state index in [1.165, 1.54) is 4.57 Å². The van der Waals surface area contributed by atoms with Crippen molar-refractivity contribution in [1.82, 2.24) is 9.88 Å². The van der Waals surface area contributed by atoms with E-state index in [9.17, 15) is 9.59 Å². The third kappa shape index (κ3) is 3.00. The van der Waals surface area contributed by atoms with Gasteiger partial charge in [0.15, 0.2) is 0 Å². The number of aliphatic hydroxyl groups excluding tert-OH is 1. The molecule has 1 fully saturated rings. The maximum atomic E-state index is 11.8. The number of nitrogens with zero attached hydrogens (tertiary/aromatic N) is 1. The van der Waals surface area contributed by atoms with E-state index in [1.807, 2.05) is 6.92 Å². The quantitative estimate of drug-likeness (QED) is 0.790. The standard InChI is InChI=1S/C12H18N2O3S/c1-9-7-18-11(17)14(9)6-10(16)13-8-12(2-3-12)4-5-15/h7,15H,2-6,8H2,1H3,(H,13,16). The molecule has 5 nitrogen and oxygen atoms in total. The van der Waals surface area contributed by atoms with Gasteiger partial charge in [0, 0.05) is 24.2 Å². The van der Waals surface area contributed by atoms with Gasteiger partial charge in [-0.2, -0.15) is 0 Å². The Morgan fingerprint density at radius 1 is 1.61 bits per heavy atom.